The molecule has 1 fully saturated rings. The zero-order chi connectivity index (χ0) is 16.5. The van der Waals surface area contributed by atoms with E-state index in [1.54, 1.807) is 11.3 Å². The Morgan fingerprint density at radius 3 is 3.25 bits per heavy atom. The molecule has 4 rings (SSSR count). The Labute approximate surface area is 146 Å². The summed E-state index contributed by atoms with van der Waals surface area (Å²) in [6.07, 6.45) is 7.38. The number of piperidine rings is 1. The third kappa shape index (κ3) is 3.00. The van der Waals surface area contributed by atoms with E-state index in [-0.39, 0.29) is 12.0 Å². The molecule has 1 amide bonds. The number of hydrogen-bond donors (Lipinski definition) is 0. The molecule has 0 spiro atoms. The molecule has 2 aromatic rings. The van der Waals surface area contributed by atoms with E-state index in [9.17, 15) is 4.79 Å². The van der Waals surface area contributed by atoms with Crippen molar-refractivity contribution in [1.82, 2.24) is 14.5 Å². The lowest BCUT2D eigenvalue weighted by molar-refractivity contribution is -0.136. The first-order chi connectivity index (χ1) is 11.7. The minimum Gasteiger partial charge on any atom is -0.373 e. The van der Waals surface area contributed by atoms with Gasteiger partial charge in [0.1, 0.15) is 5.82 Å². The predicted octanol–water partition coefficient (Wildman–Crippen LogP) is 3.12. The number of aryl methyl sites for hydroxylation is 1. The number of aromatic nitrogens is 2. The first kappa shape index (κ1) is 15.8. The summed E-state index contributed by atoms with van der Waals surface area (Å²) in [7, 11) is 0. The number of amides is 1. The average Bonchev–Trinajstić information content (AvgIpc) is 3.24. The van der Waals surface area contributed by atoms with E-state index in [1.165, 1.54) is 10.4 Å². The van der Waals surface area contributed by atoms with Crippen LogP contribution in [0.2, 0.25) is 0 Å². The highest BCUT2D eigenvalue weighted by atomic mass is 32.1. The van der Waals surface area contributed by atoms with Crippen LogP contribution in [0.4, 0.5) is 0 Å². The number of nitrogens with zero attached hydrogens (tertiary/aromatic N) is 3. The molecule has 1 saturated heterocycles. The van der Waals surface area contributed by atoms with E-state index in [0.717, 1.165) is 44.8 Å². The fraction of sp³-hybridized carbons (Fsp3) is 0.556. The van der Waals surface area contributed by atoms with Crippen molar-refractivity contribution in [1.29, 1.82) is 0 Å². The van der Waals surface area contributed by atoms with Crippen molar-refractivity contribution in [2.24, 2.45) is 0 Å². The lowest BCUT2D eigenvalue weighted by atomic mass is 10.0. The highest BCUT2D eigenvalue weighted by Crippen LogP contribution is 2.34. The molecule has 2 aliphatic rings. The summed E-state index contributed by atoms with van der Waals surface area (Å²) in [5.41, 5.74) is 1.22. The van der Waals surface area contributed by atoms with Crippen LogP contribution in [0, 0.1) is 6.92 Å². The van der Waals surface area contributed by atoms with Gasteiger partial charge in [-0.15, -0.1) is 11.3 Å². The number of hydrogen-bond acceptors (Lipinski definition) is 4. The first-order valence-corrected chi connectivity index (χ1v) is 9.55. The van der Waals surface area contributed by atoms with Crippen LogP contribution in [0.15, 0.2) is 23.8 Å². The molecule has 0 saturated carbocycles. The Morgan fingerprint density at radius 1 is 1.50 bits per heavy atom. The van der Waals surface area contributed by atoms with Crippen LogP contribution in [0.1, 0.15) is 47.7 Å². The highest BCUT2D eigenvalue weighted by Gasteiger charge is 2.29. The largest absolute Gasteiger partial charge is 0.373 e. The van der Waals surface area contributed by atoms with E-state index < -0.39 is 0 Å². The maximum absolute atomic E-state index is 12.8. The van der Waals surface area contributed by atoms with Crippen LogP contribution in [-0.2, 0) is 16.0 Å². The lowest BCUT2D eigenvalue weighted by Gasteiger charge is -2.35. The van der Waals surface area contributed by atoms with Crippen molar-refractivity contribution in [2.75, 3.05) is 19.7 Å². The molecule has 2 aromatic heterocycles. The van der Waals surface area contributed by atoms with E-state index >= 15 is 0 Å². The van der Waals surface area contributed by atoms with Crippen LogP contribution in [0.25, 0.3) is 0 Å². The highest BCUT2D eigenvalue weighted by molar-refractivity contribution is 7.10. The molecule has 6 heteroatoms. The van der Waals surface area contributed by atoms with Crippen LogP contribution in [0.3, 0.4) is 0 Å². The van der Waals surface area contributed by atoms with Gasteiger partial charge in [-0.05, 0) is 36.8 Å². The van der Waals surface area contributed by atoms with Crippen LogP contribution in [0.5, 0.6) is 0 Å². The summed E-state index contributed by atoms with van der Waals surface area (Å²) in [6, 6.07) is 2.46. The van der Waals surface area contributed by atoms with E-state index in [0.29, 0.717) is 12.5 Å². The molecule has 0 N–H and O–H groups in total. The summed E-state index contributed by atoms with van der Waals surface area (Å²) >= 11 is 1.78. The third-order valence-electron chi connectivity index (χ3n) is 5.14. The second kappa shape index (κ2) is 6.69. The SMILES string of the molecule is Cc1nccn1[C@@H]1CCCN(C(=O)C[C@H]2OCCc3sccc32)C1. The number of fused-ring (bicyclic) bond motifs is 1. The molecule has 2 aliphatic heterocycles. The van der Waals surface area contributed by atoms with Crippen molar-refractivity contribution in [3.05, 3.63) is 40.1 Å². The molecule has 2 atom stereocenters. The molecule has 128 valence electrons. The van der Waals surface area contributed by atoms with Crippen molar-refractivity contribution in [3.63, 3.8) is 0 Å². The standard InChI is InChI=1S/C18H23N3O2S/c1-13-19-6-8-21(13)14-3-2-7-20(12-14)18(22)11-16-15-5-10-24-17(15)4-9-23-16/h5-6,8,10,14,16H,2-4,7,9,11-12H2,1H3/t14-,16-/m1/s1. The zero-order valence-electron chi connectivity index (χ0n) is 14.0. The molecular weight excluding hydrogens is 322 g/mol. The molecule has 5 nitrogen and oxygen atoms in total. The molecule has 0 bridgehead atoms. The van der Waals surface area contributed by atoms with E-state index in [1.807, 2.05) is 24.2 Å². The van der Waals surface area contributed by atoms with Gasteiger partial charge >= 0.3 is 0 Å². The molecule has 0 radical (unpaired) electrons. The summed E-state index contributed by atoms with van der Waals surface area (Å²) in [5.74, 6) is 1.23. The van der Waals surface area contributed by atoms with Crippen molar-refractivity contribution < 1.29 is 9.53 Å². The van der Waals surface area contributed by atoms with Gasteiger partial charge in [-0.2, -0.15) is 0 Å². The zero-order valence-corrected chi connectivity index (χ0v) is 14.8. The third-order valence-corrected chi connectivity index (χ3v) is 6.14. The van der Waals surface area contributed by atoms with Crippen molar-refractivity contribution in [2.45, 2.75) is 44.8 Å². The molecule has 0 unspecified atom stereocenters. The summed E-state index contributed by atoms with van der Waals surface area (Å²) < 4.78 is 8.09. The number of carbonyl (C=O) groups is 1. The fourth-order valence-corrected chi connectivity index (χ4v) is 4.78. The van der Waals surface area contributed by atoms with Crippen molar-refractivity contribution >= 4 is 17.2 Å². The topological polar surface area (TPSA) is 47.4 Å². The van der Waals surface area contributed by atoms with Gasteiger partial charge in [-0.3, -0.25) is 4.79 Å². The van der Waals surface area contributed by atoms with Crippen molar-refractivity contribution in [3.8, 4) is 0 Å². The minimum atomic E-state index is -0.0668. The average molecular weight is 345 g/mol. The van der Waals surface area contributed by atoms with E-state index in [2.05, 4.69) is 21.0 Å². The Balaban J connectivity index is 1.43. The smallest absolute Gasteiger partial charge is 0.225 e. The summed E-state index contributed by atoms with van der Waals surface area (Å²) in [6.45, 7) is 4.38. The summed E-state index contributed by atoms with van der Waals surface area (Å²) in [4.78, 5) is 20.5. The monoisotopic (exact) mass is 345 g/mol. The number of carbonyl (C=O) groups excluding carboxylic acids is 1. The van der Waals surface area contributed by atoms with Gasteiger partial charge in [0.2, 0.25) is 5.91 Å². The second-order valence-corrected chi connectivity index (χ2v) is 7.63. The second-order valence-electron chi connectivity index (χ2n) is 6.63. The Hall–Kier alpha value is -1.66. The fourth-order valence-electron chi connectivity index (χ4n) is 3.86. The number of imidazole rings is 1. The van der Waals surface area contributed by atoms with Gasteiger partial charge in [0.15, 0.2) is 0 Å². The Kier molecular flexibility index (Phi) is 4.41. The molecule has 24 heavy (non-hydrogen) atoms. The Morgan fingerprint density at radius 2 is 2.42 bits per heavy atom. The maximum atomic E-state index is 12.8. The van der Waals surface area contributed by atoms with Gasteiger partial charge in [-0.25, -0.2) is 4.98 Å². The van der Waals surface area contributed by atoms with Crippen LogP contribution >= 0.6 is 11.3 Å². The number of thiophene rings is 1. The number of likely N-dealkylation sites (tertiary alicyclic amines) is 1. The van der Waals surface area contributed by atoms with Gasteiger partial charge in [0, 0.05) is 36.8 Å². The lowest BCUT2D eigenvalue weighted by Crippen LogP contribution is -2.41. The quantitative estimate of drug-likeness (QED) is 0.859. The minimum absolute atomic E-state index is 0.0668. The predicted molar refractivity (Wildman–Crippen MR) is 93.1 cm³/mol. The molecule has 0 aromatic carbocycles. The van der Waals surface area contributed by atoms with Crippen LogP contribution < -0.4 is 0 Å². The van der Waals surface area contributed by atoms with Gasteiger partial charge in [0.05, 0.1) is 25.2 Å². The number of rotatable bonds is 3. The maximum Gasteiger partial charge on any atom is 0.225 e. The van der Waals surface area contributed by atoms with Gasteiger partial charge in [-0.1, -0.05) is 0 Å². The normalized spacial score (nSPS) is 24.0. The van der Waals surface area contributed by atoms with Gasteiger partial charge < -0.3 is 14.2 Å². The summed E-state index contributed by atoms with van der Waals surface area (Å²) in [5, 5.41) is 2.11. The first-order valence-electron chi connectivity index (χ1n) is 8.67. The molecule has 4 heterocycles. The van der Waals surface area contributed by atoms with Gasteiger partial charge in [0.25, 0.3) is 0 Å². The van der Waals surface area contributed by atoms with Crippen LogP contribution in [-0.4, -0.2) is 40.1 Å². The molecular formula is C18H23N3O2S. The van der Waals surface area contributed by atoms with E-state index in [4.69, 9.17) is 4.74 Å². The number of ether oxygens (including phenoxy) is 1. The molecule has 0 aliphatic carbocycles. The Bertz CT molecular complexity index is 723.